The first-order chi connectivity index (χ1) is 9.45. The van der Waals surface area contributed by atoms with Crippen molar-refractivity contribution in [2.75, 3.05) is 13.6 Å². The van der Waals surface area contributed by atoms with Gasteiger partial charge in [0.2, 0.25) is 0 Å². The molecule has 0 aromatic heterocycles. The highest BCUT2D eigenvalue weighted by Gasteiger charge is 2.26. The largest absolute Gasteiger partial charge is 0.449 e. The van der Waals surface area contributed by atoms with E-state index in [1.54, 1.807) is 6.92 Å². The fraction of sp³-hybridized carbons (Fsp3) is 0.533. The third kappa shape index (κ3) is 5.48. The van der Waals surface area contributed by atoms with Crippen LogP contribution >= 0.6 is 28.1 Å². The molecule has 0 aliphatic rings. The van der Waals surface area contributed by atoms with Crippen molar-refractivity contribution < 1.29 is 9.47 Å². The van der Waals surface area contributed by atoms with Crippen LogP contribution in [0.5, 0.6) is 0 Å². The minimum absolute atomic E-state index is 0.0973. The normalized spacial score (nSPS) is 15.7. The molecule has 3 nitrogen and oxygen atoms in total. The van der Waals surface area contributed by atoms with Gasteiger partial charge in [-0.3, -0.25) is 0 Å². The van der Waals surface area contributed by atoms with Gasteiger partial charge in [0.25, 0.3) is 5.20 Å². The summed E-state index contributed by atoms with van der Waals surface area (Å²) in [6.45, 7) is 6.95. The molecule has 0 aliphatic heterocycles. The van der Waals surface area contributed by atoms with Crippen LogP contribution in [0.25, 0.3) is 0 Å². The molecule has 0 bridgehead atoms. The maximum absolute atomic E-state index is 6.00. The molecular weight excluding hydrogens is 338 g/mol. The Morgan fingerprint density at radius 1 is 1.35 bits per heavy atom. The molecule has 0 saturated carbocycles. The Morgan fingerprint density at radius 2 is 1.95 bits per heavy atom. The lowest BCUT2D eigenvalue weighted by Gasteiger charge is -2.32. The molecule has 0 radical (unpaired) electrons. The lowest BCUT2D eigenvalue weighted by Crippen LogP contribution is -2.36. The third-order valence-electron chi connectivity index (χ3n) is 3.27. The number of benzene rings is 1. The molecule has 1 rings (SSSR count). The summed E-state index contributed by atoms with van der Waals surface area (Å²) in [6.07, 6.45) is -0.0973. The van der Waals surface area contributed by atoms with Gasteiger partial charge in [-0.05, 0) is 54.2 Å². The van der Waals surface area contributed by atoms with Gasteiger partial charge in [0, 0.05) is 13.0 Å². The van der Waals surface area contributed by atoms with E-state index in [1.165, 1.54) is 0 Å². The van der Waals surface area contributed by atoms with Crippen molar-refractivity contribution in [2.45, 2.75) is 38.1 Å². The van der Waals surface area contributed by atoms with E-state index in [9.17, 15) is 0 Å². The maximum atomic E-state index is 6.00. The molecule has 0 N–H and O–H groups in total. The van der Waals surface area contributed by atoms with Gasteiger partial charge < -0.3 is 14.4 Å². The molecule has 112 valence electrons. The van der Waals surface area contributed by atoms with Crippen LogP contribution in [0.15, 0.2) is 30.3 Å². The quantitative estimate of drug-likeness (QED) is 0.414. The topological polar surface area (TPSA) is 21.7 Å². The predicted octanol–water partition coefficient (Wildman–Crippen LogP) is 4.13. The van der Waals surface area contributed by atoms with Crippen LogP contribution in [0, 0.1) is 0 Å². The number of thiocarbonyl (C=S) groups is 1. The number of alkyl halides is 1. The minimum atomic E-state index is -0.544. The number of halogens is 1. The Hall–Kier alpha value is -0.490. The second kappa shape index (κ2) is 8.72. The summed E-state index contributed by atoms with van der Waals surface area (Å²) in [5.41, 5.74) is 1.12. The second-order valence-corrected chi connectivity index (χ2v) is 5.99. The molecule has 1 aromatic rings. The molecule has 0 spiro atoms. The monoisotopic (exact) mass is 359 g/mol. The van der Waals surface area contributed by atoms with Gasteiger partial charge in [-0.25, -0.2) is 0 Å². The average molecular weight is 360 g/mol. The molecule has 1 aromatic carbocycles. The average Bonchev–Trinajstić information content (AvgIpc) is 2.43. The molecule has 3 atom stereocenters. The molecule has 0 saturated heterocycles. The Balaban J connectivity index is 2.87. The Kier molecular flexibility index (Phi) is 7.66. The molecule has 0 aliphatic carbocycles. The van der Waals surface area contributed by atoms with E-state index in [0.717, 1.165) is 12.1 Å². The number of hydrogen-bond donors (Lipinski definition) is 0. The number of rotatable bonds is 7. The Labute approximate surface area is 135 Å². The number of ether oxygens (including phenoxy) is 2. The number of hydrogen-bond acceptors (Lipinski definition) is 4. The van der Waals surface area contributed by atoms with Crippen LogP contribution in [-0.2, 0) is 9.47 Å². The summed E-state index contributed by atoms with van der Waals surface area (Å²) in [6, 6.07) is 10.4. The van der Waals surface area contributed by atoms with E-state index in [0.29, 0.717) is 5.05 Å². The van der Waals surface area contributed by atoms with Crippen molar-refractivity contribution in [3.05, 3.63) is 35.9 Å². The van der Waals surface area contributed by atoms with Gasteiger partial charge in [-0.2, -0.15) is 0 Å². The summed E-state index contributed by atoms with van der Waals surface area (Å²) >= 11 is 8.30. The minimum Gasteiger partial charge on any atom is -0.449 e. The van der Waals surface area contributed by atoms with Crippen molar-refractivity contribution in [3.63, 3.8) is 0 Å². The first-order valence-electron chi connectivity index (χ1n) is 6.67. The van der Waals surface area contributed by atoms with Gasteiger partial charge in [0.1, 0.15) is 6.10 Å². The standard InChI is InChI=1S/C15H22BrNO2S/c1-5-17(4)11(2)14(13-9-7-6-8-10-13)19-15(16)18-12(3)20/h6-11,14-15H,5H2,1-4H3. The first-order valence-corrected chi connectivity index (χ1v) is 8.00. The number of nitrogens with zero attached hydrogens (tertiary/aromatic N) is 1. The van der Waals surface area contributed by atoms with Crippen LogP contribution in [0.3, 0.4) is 0 Å². The highest BCUT2D eigenvalue weighted by Crippen LogP contribution is 2.27. The van der Waals surface area contributed by atoms with E-state index >= 15 is 0 Å². The second-order valence-electron chi connectivity index (χ2n) is 4.67. The van der Waals surface area contributed by atoms with Crippen molar-refractivity contribution >= 4 is 33.2 Å². The van der Waals surface area contributed by atoms with E-state index in [-0.39, 0.29) is 12.1 Å². The van der Waals surface area contributed by atoms with Crippen molar-refractivity contribution in [2.24, 2.45) is 0 Å². The zero-order valence-electron chi connectivity index (χ0n) is 12.4. The van der Waals surface area contributed by atoms with Crippen molar-refractivity contribution in [3.8, 4) is 0 Å². The van der Waals surface area contributed by atoms with E-state index in [2.05, 4.69) is 53.9 Å². The lowest BCUT2D eigenvalue weighted by atomic mass is 10.0. The van der Waals surface area contributed by atoms with Gasteiger partial charge in [0.15, 0.2) is 5.05 Å². The molecule has 5 heteroatoms. The summed E-state index contributed by atoms with van der Waals surface area (Å²) in [5.74, 6) is 0. The number of likely N-dealkylation sites (N-methyl/N-ethyl adjacent to an activating group) is 1. The zero-order valence-corrected chi connectivity index (χ0v) is 14.8. The van der Waals surface area contributed by atoms with Crippen LogP contribution < -0.4 is 0 Å². The van der Waals surface area contributed by atoms with E-state index < -0.39 is 5.20 Å². The molecule has 0 heterocycles. The van der Waals surface area contributed by atoms with Crippen LogP contribution in [0.4, 0.5) is 0 Å². The first kappa shape index (κ1) is 17.6. The molecule has 0 fully saturated rings. The van der Waals surface area contributed by atoms with E-state index in [1.807, 2.05) is 18.2 Å². The highest BCUT2D eigenvalue weighted by atomic mass is 79.9. The van der Waals surface area contributed by atoms with Crippen LogP contribution in [0.1, 0.15) is 32.4 Å². The maximum Gasteiger partial charge on any atom is 0.258 e. The Morgan fingerprint density at radius 3 is 2.45 bits per heavy atom. The van der Waals surface area contributed by atoms with Crippen LogP contribution in [0.2, 0.25) is 0 Å². The van der Waals surface area contributed by atoms with Gasteiger partial charge in [-0.15, -0.1) is 0 Å². The van der Waals surface area contributed by atoms with Gasteiger partial charge >= 0.3 is 0 Å². The fourth-order valence-corrected chi connectivity index (χ4v) is 2.63. The summed E-state index contributed by atoms with van der Waals surface area (Å²) < 4.78 is 11.4. The van der Waals surface area contributed by atoms with Gasteiger partial charge in [-0.1, -0.05) is 37.3 Å². The molecule has 3 unspecified atom stereocenters. The lowest BCUT2D eigenvalue weighted by molar-refractivity contribution is -0.0906. The van der Waals surface area contributed by atoms with Crippen molar-refractivity contribution in [1.82, 2.24) is 4.90 Å². The zero-order chi connectivity index (χ0) is 15.1. The third-order valence-corrected chi connectivity index (χ3v) is 3.77. The molecule has 20 heavy (non-hydrogen) atoms. The van der Waals surface area contributed by atoms with E-state index in [4.69, 9.17) is 21.7 Å². The fourth-order valence-electron chi connectivity index (χ4n) is 1.91. The van der Waals surface area contributed by atoms with Crippen LogP contribution in [-0.4, -0.2) is 34.8 Å². The highest BCUT2D eigenvalue weighted by molar-refractivity contribution is 9.09. The predicted molar refractivity (Wildman–Crippen MR) is 90.1 cm³/mol. The Bertz CT molecular complexity index is 416. The van der Waals surface area contributed by atoms with Gasteiger partial charge in [0.05, 0.1) is 0 Å². The molecular formula is C15H22BrNO2S. The molecule has 0 amide bonds. The summed E-state index contributed by atoms with van der Waals surface area (Å²) in [7, 11) is 2.08. The smallest absolute Gasteiger partial charge is 0.258 e. The summed E-state index contributed by atoms with van der Waals surface area (Å²) in [5, 5.41) is -0.0897. The summed E-state index contributed by atoms with van der Waals surface area (Å²) in [4.78, 5) is 2.24. The van der Waals surface area contributed by atoms with Crippen molar-refractivity contribution in [1.29, 1.82) is 0 Å². The SMILES string of the molecule is CCN(C)C(C)C(OC(Br)OC(C)=S)c1ccccc1.